The van der Waals surface area contributed by atoms with Crippen molar-refractivity contribution in [2.45, 2.75) is 65.7 Å². The first-order valence-corrected chi connectivity index (χ1v) is 10.7. The summed E-state index contributed by atoms with van der Waals surface area (Å²) >= 11 is 0. The average molecular weight is 384 g/mol. The summed E-state index contributed by atoms with van der Waals surface area (Å²) in [6, 6.07) is 8.24. The van der Waals surface area contributed by atoms with Gasteiger partial charge >= 0.3 is 0 Å². The standard InChI is InChI=1S/C20H27N5O.C2H6/c1-4-11-24-12-9-15(10-13-24)19-21-20(23-26-19)25-17-8-6-5-7-16(17)18(22-25)14(2)3;1-2/h5-8,14-15H,4,9-13H2,1-3H3;1-2H3. The number of hydrogen-bond acceptors (Lipinski definition) is 5. The van der Waals surface area contributed by atoms with Crippen LogP contribution in [0.2, 0.25) is 0 Å². The molecule has 0 amide bonds. The summed E-state index contributed by atoms with van der Waals surface area (Å²) in [7, 11) is 0. The Morgan fingerprint density at radius 2 is 1.86 bits per heavy atom. The minimum atomic E-state index is 0.343. The number of rotatable bonds is 5. The van der Waals surface area contributed by atoms with E-state index in [9.17, 15) is 0 Å². The van der Waals surface area contributed by atoms with E-state index in [-0.39, 0.29) is 0 Å². The van der Waals surface area contributed by atoms with Gasteiger partial charge in [0.1, 0.15) is 0 Å². The second kappa shape index (κ2) is 9.32. The molecule has 2 aromatic heterocycles. The van der Waals surface area contributed by atoms with E-state index in [1.165, 1.54) is 13.0 Å². The van der Waals surface area contributed by atoms with E-state index in [1.807, 2.05) is 30.7 Å². The van der Waals surface area contributed by atoms with Crippen LogP contribution in [0.1, 0.15) is 77.3 Å². The lowest BCUT2D eigenvalue weighted by Crippen LogP contribution is -2.33. The predicted molar refractivity (Wildman–Crippen MR) is 113 cm³/mol. The van der Waals surface area contributed by atoms with Gasteiger partial charge in [-0.2, -0.15) is 14.8 Å². The maximum Gasteiger partial charge on any atom is 0.291 e. The fraction of sp³-hybridized carbons (Fsp3) is 0.591. The smallest absolute Gasteiger partial charge is 0.291 e. The molecular weight excluding hydrogens is 350 g/mol. The molecule has 0 spiro atoms. The van der Waals surface area contributed by atoms with Crippen LogP contribution in [0.5, 0.6) is 0 Å². The molecule has 0 radical (unpaired) electrons. The second-order valence-electron chi connectivity index (χ2n) is 7.52. The maximum absolute atomic E-state index is 5.63. The van der Waals surface area contributed by atoms with Crippen molar-refractivity contribution < 1.29 is 4.52 Å². The molecule has 1 fully saturated rings. The van der Waals surface area contributed by atoms with Gasteiger partial charge in [0.2, 0.25) is 5.89 Å². The normalized spacial score (nSPS) is 15.8. The van der Waals surface area contributed by atoms with Gasteiger partial charge in [0.25, 0.3) is 5.95 Å². The van der Waals surface area contributed by atoms with Crippen LogP contribution in [0.4, 0.5) is 0 Å². The van der Waals surface area contributed by atoms with Crippen molar-refractivity contribution in [1.29, 1.82) is 0 Å². The molecule has 0 N–H and O–H groups in total. The molecule has 6 nitrogen and oxygen atoms in total. The van der Waals surface area contributed by atoms with E-state index in [2.05, 4.69) is 43.0 Å². The third-order valence-electron chi connectivity index (χ3n) is 5.26. The van der Waals surface area contributed by atoms with Crippen LogP contribution in [-0.2, 0) is 0 Å². The number of likely N-dealkylation sites (tertiary alicyclic amines) is 1. The minimum absolute atomic E-state index is 0.343. The highest BCUT2D eigenvalue weighted by molar-refractivity contribution is 5.83. The van der Waals surface area contributed by atoms with Gasteiger partial charge in [-0.1, -0.05) is 52.8 Å². The number of benzene rings is 1. The lowest BCUT2D eigenvalue weighted by molar-refractivity contribution is 0.194. The van der Waals surface area contributed by atoms with Crippen LogP contribution < -0.4 is 0 Å². The van der Waals surface area contributed by atoms with Gasteiger partial charge in [-0.3, -0.25) is 0 Å². The lowest BCUT2D eigenvalue weighted by atomic mass is 9.97. The quantitative estimate of drug-likeness (QED) is 0.610. The minimum Gasteiger partial charge on any atom is -0.337 e. The number of aromatic nitrogens is 4. The van der Waals surface area contributed by atoms with Gasteiger partial charge in [0, 0.05) is 11.3 Å². The summed E-state index contributed by atoms with van der Waals surface area (Å²) in [6.07, 6.45) is 3.37. The van der Waals surface area contributed by atoms with Crippen LogP contribution in [-0.4, -0.2) is 44.5 Å². The van der Waals surface area contributed by atoms with E-state index in [1.54, 1.807) is 0 Å². The van der Waals surface area contributed by atoms with Crippen LogP contribution >= 0.6 is 0 Å². The summed E-state index contributed by atoms with van der Waals surface area (Å²) in [5.74, 6) is 1.99. The molecule has 6 heteroatoms. The molecule has 1 aliphatic rings. The third-order valence-corrected chi connectivity index (χ3v) is 5.26. The van der Waals surface area contributed by atoms with Crippen molar-refractivity contribution in [2.75, 3.05) is 19.6 Å². The largest absolute Gasteiger partial charge is 0.337 e. The molecule has 0 bridgehead atoms. The molecule has 0 unspecified atom stereocenters. The fourth-order valence-electron chi connectivity index (χ4n) is 3.87. The van der Waals surface area contributed by atoms with Crippen LogP contribution in [0.25, 0.3) is 16.9 Å². The Morgan fingerprint density at radius 1 is 1.14 bits per heavy atom. The summed E-state index contributed by atoms with van der Waals surface area (Å²) in [4.78, 5) is 7.22. The number of para-hydroxylation sites is 1. The Labute approximate surface area is 167 Å². The topological polar surface area (TPSA) is 60.0 Å². The summed E-state index contributed by atoms with van der Waals surface area (Å²) < 4.78 is 7.46. The Morgan fingerprint density at radius 3 is 2.54 bits per heavy atom. The van der Waals surface area contributed by atoms with Gasteiger partial charge in [-0.05, 0) is 56.0 Å². The highest BCUT2D eigenvalue weighted by Gasteiger charge is 2.26. The molecule has 152 valence electrons. The first-order chi connectivity index (χ1) is 13.7. The third kappa shape index (κ3) is 4.12. The Bertz CT molecular complexity index is 874. The van der Waals surface area contributed by atoms with Crippen molar-refractivity contribution >= 4 is 10.9 Å². The Balaban J connectivity index is 0.00000109. The molecule has 0 aliphatic carbocycles. The molecule has 1 saturated heterocycles. The van der Waals surface area contributed by atoms with Crippen molar-refractivity contribution in [2.24, 2.45) is 0 Å². The monoisotopic (exact) mass is 383 g/mol. The van der Waals surface area contributed by atoms with Crippen molar-refractivity contribution in [3.8, 4) is 5.95 Å². The molecule has 1 aliphatic heterocycles. The van der Waals surface area contributed by atoms with E-state index < -0.39 is 0 Å². The number of fused-ring (bicyclic) bond motifs is 1. The highest BCUT2D eigenvalue weighted by atomic mass is 16.5. The first kappa shape index (κ1) is 20.5. The molecule has 28 heavy (non-hydrogen) atoms. The highest BCUT2D eigenvalue weighted by Crippen LogP contribution is 2.29. The average Bonchev–Trinajstić information content (AvgIpc) is 3.35. The zero-order valence-electron chi connectivity index (χ0n) is 17.9. The first-order valence-electron chi connectivity index (χ1n) is 10.7. The summed E-state index contributed by atoms with van der Waals surface area (Å²) in [5.41, 5.74) is 2.10. The zero-order chi connectivity index (χ0) is 20.1. The zero-order valence-corrected chi connectivity index (χ0v) is 17.9. The number of piperidine rings is 1. The lowest BCUT2D eigenvalue weighted by Gasteiger charge is -2.29. The number of hydrogen-bond donors (Lipinski definition) is 0. The Hall–Kier alpha value is -2.21. The van der Waals surface area contributed by atoms with Gasteiger partial charge in [0.05, 0.1) is 11.2 Å². The SMILES string of the molecule is CC.CCCN1CCC(c2nc(-n3nc(C(C)C)c4ccccc43)no2)CC1. The van der Waals surface area contributed by atoms with Crippen molar-refractivity contribution in [3.63, 3.8) is 0 Å². The molecule has 0 atom stereocenters. The van der Waals surface area contributed by atoms with Gasteiger partial charge < -0.3 is 9.42 Å². The molecule has 4 rings (SSSR count). The van der Waals surface area contributed by atoms with Gasteiger partial charge in [-0.25, -0.2) is 0 Å². The van der Waals surface area contributed by atoms with E-state index in [0.717, 1.165) is 48.4 Å². The predicted octanol–water partition coefficient (Wildman–Crippen LogP) is 5.15. The number of nitrogens with zero attached hydrogens (tertiary/aromatic N) is 5. The van der Waals surface area contributed by atoms with E-state index in [0.29, 0.717) is 17.8 Å². The fourth-order valence-corrected chi connectivity index (χ4v) is 3.87. The van der Waals surface area contributed by atoms with Crippen LogP contribution in [0.3, 0.4) is 0 Å². The molecule has 0 saturated carbocycles. The molecular formula is C22H33N5O. The second-order valence-corrected chi connectivity index (χ2v) is 7.52. The van der Waals surface area contributed by atoms with Gasteiger partial charge in [0.15, 0.2) is 0 Å². The molecule has 3 heterocycles. The van der Waals surface area contributed by atoms with Crippen molar-refractivity contribution in [3.05, 3.63) is 35.9 Å². The van der Waals surface area contributed by atoms with Gasteiger partial charge in [-0.15, -0.1) is 0 Å². The van der Waals surface area contributed by atoms with E-state index >= 15 is 0 Å². The maximum atomic E-state index is 5.63. The Kier molecular flexibility index (Phi) is 6.83. The molecule has 1 aromatic carbocycles. The van der Waals surface area contributed by atoms with Crippen molar-refractivity contribution in [1.82, 2.24) is 24.8 Å². The van der Waals surface area contributed by atoms with Crippen LogP contribution in [0.15, 0.2) is 28.8 Å². The summed E-state index contributed by atoms with van der Waals surface area (Å²) in [6.45, 7) is 13.9. The summed E-state index contributed by atoms with van der Waals surface area (Å²) in [5, 5.41) is 10.2. The van der Waals surface area contributed by atoms with E-state index in [4.69, 9.17) is 14.6 Å². The van der Waals surface area contributed by atoms with Crippen LogP contribution in [0, 0.1) is 0 Å². The molecule has 3 aromatic rings.